The molecule has 3 nitrogen and oxygen atoms in total. The summed E-state index contributed by atoms with van der Waals surface area (Å²) < 4.78 is 16.1. The van der Waals surface area contributed by atoms with E-state index < -0.39 is 0 Å². The SMILES string of the molecule is N#Cc1ccc2c(c1)c1cc(-c3cccc4c3ccc3c(-c5ccc(F)cc5)nc5ccccc5c34)ccc1n2-c1ccccc1. The third kappa shape index (κ3) is 3.93. The molecule has 0 saturated heterocycles. The van der Waals surface area contributed by atoms with Crippen LogP contribution in [0.5, 0.6) is 0 Å². The van der Waals surface area contributed by atoms with E-state index in [2.05, 4.69) is 83.4 Å². The standard InChI is InChI=1S/C42H24FN3/c43-29-17-14-27(15-18-29)42-35-20-19-32-31(10-6-11-33(32)41(35)34-9-4-5-12-38(34)45-42)28-16-22-40-37(24-28)36-23-26(25-44)13-21-39(36)46(40)30-7-2-1-3-8-30/h1-24H. The lowest BCUT2D eigenvalue weighted by molar-refractivity contribution is 0.628. The number of nitrogens with zero attached hydrogens (tertiary/aromatic N) is 3. The van der Waals surface area contributed by atoms with Gasteiger partial charge in [-0.05, 0) is 94.7 Å². The fourth-order valence-electron chi connectivity index (χ4n) is 7.00. The monoisotopic (exact) mass is 589 g/mol. The lowest BCUT2D eigenvalue weighted by Gasteiger charge is -2.15. The van der Waals surface area contributed by atoms with Crippen LogP contribution in [0.3, 0.4) is 0 Å². The maximum atomic E-state index is 13.9. The highest BCUT2D eigenvalue weighted by atomic mass is 19.1. The minimum absolute atomic E-state index is 0.267. The maximum Gasteiger partial charge on any atom is 0.123 e. The average molecular weight is 590 g/mol. The van der Waals surface area contributed by atoms with E-state index in [1.807, 2.05) is 48.5 Å². The predicted molar refractivity (Wildman–Crippen MR) is 187 cm³/mol. The molecule has 0 bridgehead atoms. The highest BCUT2D eigenvalue weighted by Gasteiger charge is 2.17. The van der Waals surface area contributed by atoms with Crippen molar-refractivity contribution >= 4 is 54.3 Å². The molecule has 0 aliphatic heterocycles. The van der Waals surface area contributed by atoms with Gasteiger partial charge in [-0.2, -0.15) is 5.26 Å². The smallest absolute Gasteiger partial charge is 0.123 e. The topological polar surface area (TPSA) is 41.6 Å². The van der Waals surface area contributed by atoms with Gasteiger partial charge >= 0.3 is 0 Å². The largest absolute Gasteiger partial charge is 0.309 e. The van der Waals surface area contributed by atoms with Gasteiger partial charge in [0, 0.05) is 38.2 Å². The summed E-state index contributed by atoms with van der Waals surface area (Å²) in [5, 5.41) is 17.4. The molecule has 2 aromatic heterocycles. The molecule has 2 heterocycles. The zero-order chi connectivity index (χ0) is 30.8. The van der Waals surface area contributed by atoms with Gasteiger partial charge in [-0.15, -0.1) is 0 Å². The van der Waals surface area contributed by atoms with Crippen LogP contribution in [-0.4, -0.2) is 9.55 Å². The first-order chi connectivity index (χ1) is 22.7. The van der Waals surface area contributed by atoms with Gasteiger partial charge in [-0.3, -0.25) is 0 Å². The molecule has 0 amide bonds. The van der Waals surface area contributed by atoms with Crippen LogP contribution < -0.4 is 0 Å². The number of halogens is 1. The number of nitriles is 1. The number of pyridine rings is 1. The summed E-state index contributed by atoms with van der Waals surface area (Å²) in [7, 11) is 0. The van der Waals surface area contributed by atoms with E-state index in [-0.39, 0.29) is 5.82 Å². The number of hydrogen-bond donors (Lipinski definition) is 0. The second-order valence-electron chi connectivity index (χ2n) is 11.6. The van der Waals surface area contributed by atoms with Crippen molar-refractivity contribution in [3.63, 3.8) is 0 Å². The summed E-state index contributed by atoms with van der Waals surface area (Å²) in [6.07, 6.45) is 0. The van der Waals surface area contributed by atoms with Crippen molar-refractivity contribution in [1.82, 2.24) is 9.55 Å². The van der Waals surface area contributed by atoms with Crippen LogP contribution in [0.15, 0.2) is 146 Å². The van der Waals surface area contributed by atoms with E-state index in [9.17, 15) is 9.65 Å². The molecule has 0 fully saturated rings. The molecule has 46 heavy (non-hydrogen) atoms. The molecule has 0 aliphatic rings. The van der Waals surface area contributed by atoms with E-state index in [0.717, 1.165) is 82.3 Å². The van der Waals surface area contributed by atoms with Crippen molar-refractivity contribution < 1.29 is 4.39 Å². The fourth-order valence-corrected chi connectivity index (χ4v) is 7.00. The summed E-state index contributed by atoms with van der Waals surface area (Å²) in [5.41, 5.74) is 8.71. The van der Waals surface area contributed by atoms with Gasteiger partial charge in [0.05, 0.1) is 33.9 Å². The Morgan fingerprint density at radius 1 is 0.543 bits per heavy atom. The zero-order valence-electron chi connectivity index (χ0n) is 24.6. The summed E-state index contributed by atoms with van der Waals surface area (Å²) in [6, 6.07) is 50.8. The van der Waals surface area contributed by atoms with Crippen LogP contribution in [-0.2, 0) is 0 Å². The summed E-state index contributed by atoms with van der Waals surface area (Å²) in [4.78, 5) is 5.05. The number of aromatic nitrogens is 2. The number of hydrogen-bond acceptors (Lipinski definition) is 2. The quantitative estimate of drug-likeness (QED) is 0.192. The molecule has 0 N–H and O–H groups in total. The van der Waals surface area contributed by atoms with E-state index in [0.29, 0.717) is 5.56 Å². The minimum Gasteiger partial charge on any atom is -0.309 e. The molecule has 0 radical (unpaired) electrons. The second-order valence-corrected chi connectivity index (χ2v) is 11.6. The average Bonchev–Trinajstić information content (AvgIpc) is 3.44. The van der Waals surface area contributed by atoms with E-state index in [4.69, 9.17) is 4.98 Å². The van der Waals surface area contributed by atoms with Crippen LogP contribution in [0.25, 0.3) is 82.3 Å². The lowest BCUT2D eigenvalue weighted by atomic mass is 9.91. The molecular formula is C42H24FN3. The van der Waals surface area contributed by atoms with Crippen molar-refractivity contribution in [3.8, 4) is 34.1 Å². The third-order valence-corrected chi connectivity index (χ3v) is 9.06. The Balaban J connectivity index is 1.33. The first-order valence-electron chi connectivity index (χ1n) is 15.2. The zero-order valence-corrected chi connectivity index (χ0v) is 24.6. The molecule has 4 heteroatoms. The summed E-state index contributed by atoms with van der Waals surface area (Å²) in [6.45, 7) is 0. The Labute approximate surface area is 264 Å². The predicted octanol–water partition coefficient (Wildman–Crippen LogP) is 11.0. The molecule has 214 valence electrons. The Hall–Kier alpha value is -6.31. The van der Waals surface area contributed by atoms with Crippen LogP contribution in [0, 0.1) is 17.1 Å². The van der Waals surface area contributed by atoms with Crippen LogP contribution in [0.4, 0.5) is 4.39 Å². The molecule has 0 unspecified atom stereocenters. The highest BCUT2D eigenvalue weighted by molar-refractivity contribution is 6.24. The van der Waals surface area contributed by atoms with Crippen molar-refractivity contribution in [2.45, 2.75) is 0 Å². The summed E-state index contributed by atoms with van der Waals surface area (Å²) in [5.74, 6) is -0.267. The first-order valence-corrected chi connectivity index (χ1v) is 15.2. The van der Waals surface area contributed by atoms with Crippen molar-refractivity contribution in [2.75, 3.05) is 0 Å². The third-order valence-electron chi connectivity index (χ3n) is 9.06. The van der Waals surface area contributed by atoms with Gasteiger partial charge in [-0.25, -0.2) is 9.37 Å². The van der Waals surface area contributed by atoms with Crippen LogP contribution >= 0.6 is 0 Å². The van der Waals surface area contributed by atoms with Crippen molar-refractivity contribution in [1.29, 1.82) is 5.26 Å². The Morgan fingerprint density at radius 2 is 1.24 bits per heavy atom. The second kappa shape index (κ2) is 10.1. The Morgan fingerprint density at radius 3 is 2.07 bits per heavy atom. The van der Waals surface area contributed by atoms with Crippen LogP contribution in [0.1, 0.15) is 5.56 Å². The Bertz CT molecular complexity index is 2700. The molecule has 0 atom stereocenters. The van der Waals surface area contributed by atoms with Gasteiger partial charge < -0.3 is 4.57 Å². The lowest BCUT2D eigenvalue weighted by Crippen LogP contribution is -1.93. The van der Waals surface area contributed by atoms with Gasteiger partial charge in [0.15, 0.2) is 0 Å². The highest BCUT2D eigenvalue weighted by Crippen LogP contribution is 2.41. The van der Waals surface area contributed by atoms with E-state index >= 15 is 0 Å². The van der Waals surface area contributed by atoms with Gasteiger partial charge in [0.25, 0.3) is 0 Å². The normalized spacial score (nSPS) is 11.6. The molecule has 9 aromatic rings. The number of rotatable bonds is 3. The summed E-state index contributed by atoms with van der Waals surface area (Å²) >= 11 is 0. The van der Waals surface area contributed by atoms with Gasteiger partial charge in [0.1, 0.15) is 5.82 Å². The molecule has 0 spiro atoms. The number of para-hydroxylation sites is 2. The maximum absolute atomic E-state index is 13.9. The molecular weight excluding hydrogens is 565 g/mol. The van der Waals surface area contributed by atoms with Gasteiger partial charge in [-0.1, -0.05) is 72.8 Å². The van der Waals surface area contributed by atoms with Crippen LogP contribution in [0.2, 0.25) is 0 Å². The van der Waals surface area contributed by atoms with Crippen molar-refractivity contribution in [3.05, 3.63) is 157 Å². The number of benzene rings is 7. The molecule has 0 aliphatic carbocycles. The molecule has 9 rings (SSSR count). The van der Waals surface area contributed by atoms with E-state index in [1.54, 1.807) is 12.1 Å². The molecule has 7 aromatic carbocycles. The van der Waals surface area contributed by atoms with E-state index in [1.165, 1.54) is 12.1 Å². The molecule has 0 saturated carbocycles. The van der Waals surface area contributed by atoms with Gasteiger partial charge in [0.2, 0.25) is 0 Å². The number of fused-ring (bicyclic) bond motifs is 8. The minimum atomic E-state index is -0.267. The van der Waals surface area contributed by atoms with Crippen molar-refractivity contribution in [2.24, 2.45) is 0 Å². The fraction of sp³-hybridized carbons (Fsp3) is 0. The first kappa shape index (κ1) is 26.1. The Kier molecular flexibility index (Phi) is 5.75.